The van der Waals surface area contributed by atoms with Crippen molar-refractivity contribution in [1.29, 1.82) is 0 Å². The summed E-state index contributed by atoms with van der Waals surface area (Å²) >= 11 is 0. The molecule has 9 heteroatoms. The van der Waals surface area contributed by atoms with Gasteiger partial charge in [0.05, 0.1) is 19.0 Å². The van der Waals surface area contributed by atoms with Gasteiger partial charge in [0.2, 0.25) is 0 Å². The van der Waals surface area contributed by atoms with Crippen LogP contribution in [0.5, 0.6) is 0 Å². The number of rotatable bonds is 5. The van der Waals surface area contributed by atoms with Crippen molar-refractivity contribution in [3.05, 3.63) is 0 Å². The predicted octanol–water partition coefficient (Wildman–Crippen LogP) is -1.08. The zero-order valence-corrected chi connectivity index (χ0v) is 11.5. The van der Waals surface area contributed by atoms with E-state index in [2.05, 4.69) is 5.32 Å². The van der Waals surface area contributed by atoms with Gasteiger partial charge in [0.1, 0.15) is 15.9 Å². The van der Waals surface area contributed by atoms with Crippen LogP contribution in [0.2, 0.25) is 0 Å². The van der Waals surface area contributed by atoms with Crippen LogP contribution in [0, 0.1) is 0 Å². The topological polar surface area (TPSA) is 113 Å². The molecule has 0 aliphatic carbocycles. The molecule has 0 aromatic carbocycles. The minimum absolute atomic E-state index is 0.149. The minimum atomic E-state index is -3.26. The average Bonchev–Trinajstić information content (AvgIpc) is 2.33. The van der Waals surface area contributed by atoms with Crippen LogP contribution in [0.15, 0.2) is 0 Å². The number of amides is 2. The molecule has 1 unspecified atom stereocenters. The first-order valence-corrected chi connectivity index (χ1v) is 7.89. The molecule has 2 N–H and O–H groups in total. The van der Waals surface area contributed by atoms with Crippen molar-refractivity contribution in [2.75, 3.05) is 38.3 Å². The Labute approximate surface area is 111 Å². The van der Waals surface area contributed by atoms with E-state index in [-0.39, 0.29) is 12.2 Å². The summed E-state index contributed by atoms with van der Waals surface area (Å²) in [6, 6.07) is -1.71. The van der Waals surface area contributed by atoms with E-state index in [0.717, 1.165) is 6.26 Å². The molecule has 1 fully saturated rings. The van der Waals surface area contributed by atoms with Crippen molar-refractivity contribution >= 4 is 21.8 Å². The Hall–Kier alpha value is -1.35. The first kappa shape index (κ1) is 15.7. The highest BCUT2D eigenvalue weighted by atomic mass is 32.2. The number of morpholine rings is 1. The highest BCUT2D eigenvalue weighted by molar-refractivity contribution is 7.90. The van der Waals surface area contributed by atoms with Crippen LogP contribution in [0.1, 0.15) is 6.42 Å². The molecule has 2 amide bonds. The van der Waals surface area contributed by atoms with Gasteiger partial charge in [-0.3, -0.25) is 0 Å². The van der Waals surface area contributed by atoms with Crippen LogP contribution < -0.4 is 5.32 Å². The molecule has 1 saturated heterocycles. The Balaban J connectivity index is 2.52. The van der Waals surface area contributed by atoms with Gasteiger partial charge in [-0.05, 0) is 6.42 Å². The Kier molecular flexibility index (Phi) is 5.55. The molecule has 8 nitrogen and oxygen atoms in total. The van der Waals surface area contributed by atoms with Gasteiger partial charge in [-0.2, -0.15) is 0 Å². The minimum Gasteiger partial charge on any atom is -0.480 e. The number of carbonyl (C=O) groups excluding carboxylic acids is 1. The number of hydrogen-bond donors (Lipinski definition) is 2. The van der Waals surface area contributed by atoms with Gasteiger partial charge in [0.25, 0.3) is 0 Å². The second-order valence-corrected chi connectivity index (χ2v) is 6.62. The summed E-state index contributed by atoms with van der Waals surface area (Å²) in [5.41, 5.74) is 0. The van der Waals surface area contributed by atoms with E-state index in [0.29, 0.717) is 26.3 Å². The fourth-order valence-electron chi connectivity index (χ4n) is 1.60. The fourth-order valence-corrected chi connectivity index (χ4v) is 2.26. The average molecular weight is 294 g/mol. The molecule has 1 atom stereocenters. The predicted molar refractivity (Wildman–Crippen MR) is 66.7 cm³/mol. The van der Waals surface area contributed by atoms with Gasteiger partial charge < -0.3 is 20.1 Å². The Morgan fingerprint density at radius 3 is 2.42 bits per heavy atom. The second-order valence-electron chi connectivity index (χ2n) is 4.36. The molecular weight excluding hydrogens is 276 g/mol. The maximum absolute atomic E-state index is 11.8. The fraction of sp³-hybridized carbons (Fsp3) is 0.800. The molecule has 0 aromatic heterocycles. The lowest BCUT2D eigenvalue weighted by atomic mass is 10.2. The van der Waals surface area contributed by atoms with E-state index >= 15 is 0 Å². The number of aliphatic carboxylic acids is 1. The summed E-state index contributed by atoms with van der Waals surface area (Å²) in [5, 5.41) is 11.3. The summed E-state index contributed by atoms with van der Waals surface area (Å²) in [5.74, 6) is -1.53. The number of nitrogens with zero attached hydrogens (tertiary/aromatic N) is 1. The molecule has 1 rings (SSSR count). The first-order valence-electron chi connectivity index (χ1n) is 5.83. The van der Waals surface area contributed by atoms with Crippen molar-refractivity contribution in [3.8, 4) is 0 Å². The lowest BCUT2D eigenvalue weighted by Gasteiger charge is -2.28. The smallest absolute Gasteiger partial charge is 0.326 e. The largest absolute Gasteiger partial charge is 0.480 e. The zero-order valence-electron chi connectivity index (χ0n) is 10.7. The molecule has 1 aliphatic rings. The Morgan fingerprint density at radius 2 is 1.95 bits per heavy atom. The SMILES string of the molecule is CS(=O)(=O)CCC(NC(=O)N1CCOCC1)C(=O)O. The maximum atomic E-state index is 11.8. The third kappa shape index (κ3) is 5.88. The van der Waals surface area contributed by atoms with Crippen LogP contribution in [0.25, 0.3) is 0 Å². The van der Waals surface area contributed by atoms with Crippen LogP contribution >= 0.6 is 0 Å². The van der Waals surface area contributed by atoms with Gasteiger partial charge in [-0.1, -0.05) is 0 Å². The lowest BCUT2D eigenvalue weighted by molar-refractivity contribution is -0.139. The van der Waals surface area contributed by atoms with Crippen molar-refractivity contribution in [3.63, 3.8) is 0 Å². The van der Waals surface area contributed by atoms with Crippen molar-refractivity contribution in [1.82, 2.24) is 10.2 Å². The van der Waals surface area contributed by atoms with Gasteiger partial charge in [0.15, 0.2) is 0 Å². The first-order chi connectivity index (χ1) is 8.79. The number of hydrogen-bond acceptors (Lipinski definition) is 5. The van der Waals surface area contributed by atoms with Gasteiger partial charge in [-0.25, -0.2) is 18.0 Å². The van der Waals surface area contributed by atoms with Crippen molar-refractivity contribution < 1.29 is 27.9 Å². The van der Waals surface area contributed by atoms with E-state index in [4.69, 9.17) is 9.84 Å². The Bertz CT molecular complexity index is 429. The molecule has 1 heterocycles. The van der Waals surface area contributed by atoms with Crippen LogP contribution in [-0.4, -0.2) is 74.8 Å². The normalized spacial score (nSPS) is 17.8. The second kappa shape index (κ2) is 6.71. The number of ether oxygens (including phenoxy) is 1. The maximum Gasteiger partial charge on any atom is 0.326 e. The molecule has 1 aliphatic heterocycles. The molecule has 0 saturated carbocycles. The number of carboxylic acid groups (broad SMARTS) is 1. The molecular formula is C10H18N2O6S. The summed E-state index contributed by atoms with van der Waals surface area (Å²) in [7, 11) is -3.26. The summed E-state index contributed by atoms with van der Waals surface area (Å²) in [4.78, 5) is 24.2. The molecule has 0 radical (unpaired) electrons. The van der Waals surface area contributed by atoms with E-state index in [9.17, 15) is 18.0 Å². The van der Waals surface area contributed by atoms with Gasteiger partial charge >= 0.3 is 12.0 Å². The monoisotopic (exact) mass is 294 g/mol. The van der Waals surface area contributed by atoms with E-state index in [1.54, 1.807) is 0 Å². The molecule has 19 heavy (non-hydrogen) atoms. The Morgan fingerprint density at radius 1 is 1.37 bits per heavy atom. The van der Waals surface area contributed by atoms with Crippen molar-refractivity contribution in [2.45, 2.75) is 12.5 Å². The standard InChI is InChI=1S/C10H18N2O6S/c1-19(16,17)7-2-8(9(13)14)11-10(15)12-3-5-18-6-4-12/h8H,2-7H2,1H3,(H,11,15)(H,13,14). The molecule has 0 spiro atoms. The highest BCUT2D eigenvalue weighted by Gasteiger charge is 2.25. The zero-order chi connectivity index (χ0) is 14.5. The third-order valence-electron chi connectivity index (χ3n) is 2.67. The molecule has 110 valence electrons. The van der Waals surface area contributed by atoms with E-state index in [1.165, 1.54) is 4.90 Å². The highest BCUT2D eigenvalue weighted by Crippen LogP contribution is 2.01. The van der Waals surface area contributed by atoms with Gasteiger partial charge in [-0.15, -0.1) is 0 Å². The number of carboxylic acids is 1. The van der Waals surface area contributed by atoms with E-state index in [1.807, 2.05) is 0 Å². The summed E-state index contributed by atoms with van der Waals surface area (Å²) in [6.45, 7) is 1.61. The number of carbonyl (C=O) groups is 2. The molecule has 0 bridgehead atoms. The van der Waals surface area contributed by atoms with Crippen LogP contribution in [-0.2, 0) is 19.4 Å². The van der Waals surface area contributed by atoms with E-state index < -0.39 is 27.9 Å². The quantitative estimate of drug-likeness (QED) is 0.666. The lowest BCUT2D eigenvalue weighted by Crippen LogP contribution is -2.51. The summed E-state index contributed by atoms with van der Waals surface area (Å²) < 4.78 is 27.1. The van der Waals surface area contributed by atoms with Gasteiger partial charge in [0, 0.05) is 19.3 Å². The van der Waals surface area contributed by atoms with Crippen LogP contribution in [0.4, 0.5) is 4.79 Å². The molecule has 0 aromatic rings. The van der Waals surface area contributed by atoms with Crippen LogP contribution in [0.3, 0.4) is 0 Å². The third-order valence-corrected chi connectivity index (χ3v) is 3.65. The number of sulfone groups is 1. The number of urea groups is 1. The summed E-state index contributed by atoms with van der Waals surface area (Å²) in [6.07, 6.45) is 0.875. The van der Waals surface area contributed by atoms with Crippen molar-refractivity contribution in [2.24, 2.45) is 0 Å². The number of nitrogens with one attached hydrogen (secondary N) is 1.